The molecule has 0 heterocycles. The maximum Gasteiger partial charge on any atom is 0.397 e. The van der Waals surface area contributed by atoms with Gasteiger partial charge in [-0.05, 0) is 35.7 Å². The normalized spacial score (nSPS) is 13.0. The van der Waals surface area contributed by atoms with E-state index in [2.05, 4.69) is 14.4 Å². The Kier molecular flexibility index (Phi) is 7.02. The second kappa shape index (κ2) is 9.36. The molecule has 0 aromatic heterocycles. The number of azo groups is 1. The minimum atomic E-state index is -4.88. The van der Waals surface area contributed by atoms with E-state index >= 15 is 0 Å². The molecule has 0 radical (unpaired) electrons. The summed E-state index contributed by atoms with van der Waals surface area (Å²) in [5, 5.41) is 28.3. The molecule has 17 heteroatoms. The number of phenols is 2. The van der Waals surface area contributed by atoms with Gasteiger partial charge in [-0.1, -0.05) is 6.07 Å². The number of aromatic hydroxyl groups is 2. The molecule has 0 atom stereocenters. The third-order valence-electron chi connectivity index (χ3n) is 4.50. The van der Waals surface area contributed by atoms with Gasteiger partial charge in [0.2, 0.25) is 0 Å². The molecule has 0 fully saturated rings. The highest BCUT2D eigenvalue weighted by Crippen LogP contribution is 2.42. The van der Waals surface area contributed by atoms with Crippen molar-refractivity contribution in [2.24, 2.45) is 10.2 Å². The largest absolute Gasteiger partial charge is 0.506 e. The number of nitrogens with zero attached hydrogens (tertiary/aromatic N) is 2. The van der Waals surface area contributed by atoms with Gasteiger partial charge in [0.25, 0.3) is 10.1 Å². The molecule has 0 bridgehead atoms. The van der Waals surface area contributed by atoms with Gasteiger partial charge in [0.1, 0.15) is 22.0 Å². The van der Waals surface area contributed by atoms with E-state index in [1.807, 2.05) is 0 Å². The maximum absolute atomic E-state index is 12.3. The minimum Gasteiger partial charge on any atom is -0.506 e. The van der Waals surface area contributed by atoms with Crippen molar-refractivity contribution in [3.05, 3.63) is 42.5 Å². The fraction of sp³-hybridized carbons (Fsp3) is 0.111. The van der Waals surface area contributed by atoms with Crippen molar-refractivity contribution < 1.29 is 48.8 Å². The lowest BCUT2D eigenvalue weighted by Crippen LogP contribution is -2.15. The molecule has 14 nitrogen and oxygen atoms in total. The highest BCUT2D eigenvalue weighted by molar-refractivity contribution is 7.91. The van der Waals surface area contributed by atoms with Gasteiger partial charge in [0.05, 0.1) is 17.3 Å². The van der Waals surface area contributed by atoms with Crippen LogP contribution in [0.5, 0.6) is 11.5 Å². The minimum absolute atomic E-state index is 0.101. The lowest BCUT2D eigenvalue weighted by Gasteiger charge is -2.09. The fourth-order valence-electron chi connectivity index (χ4n) is 2.90. The fourth-order valence-corrected chi connectivity index (χ4v) is 5.07. The summed E-state index contributed by atoms with van der Waals surface area (Å²) in [6, 6.07) is 7.97. The number of phenolic OH excluding ortho intramolecular Hbond substituents is 2. The summed E-state index contributed by atoms with van der Waals surface area (Å²) in [5.41, 5.74) is 4.93. The van der Waals surface area contributed by atoms with E-state index in [0.717, 1.165) is 24.3 Å². The Morgan fingerprint density at radius 2 is 1.57 bits per heavy atom. The van der Waals surface area contributed by atoms with Crippen LogP contribution in [0.15, 0.2) is 62.5 Å². The molecule has 0 aliphatic carbocycles. The Morgan fingerprint density at radius 3 is 2.17 bits per heavy atom. The van der Waals surface area contributed by atoms with E-state index in [0.29, 0.717) is 0 Å². The monoisotopic (exact) mass is 547 g/mol. The van der Waals surface area contributed by atoms with Crippen LogP contribution in [0.1, 0.15) is 0 Å². The molecule has 0 saturated carbocycles. The Bertz CT molecular complexity index is 1670. The van der Waals surface area contributed by atoms with Gasteiger partial charge in [-0.15, -0.1) is 10.2 Å². The van der Waals surface area contributed by atoms with E-state index in [-0.39, 0.29) is 22.1 Å². The van der Waals surface area contributed by atoms with Crippen molar-refractivity contribution in [1.29, 1.82) is 0 Å². The summed E-state index contributed by atoms with van der Waals surface area (Å²) in [6.45, 7) is -0.881. The zero-order valence-electron chi connectivity index (χ0n) is 17.3. The van der Waals surface area contributed by atoms with Gasteiger partial charge in [0.15, 0.2) is 15.6 Å². The number of hydrogen-bond donors (Lipinski definition) is 5. The second-order valence-electron chi connectivity index (χ2n) is 6.95. The lowest BCUT2D eigenvalue weighted by molar-refractivity contribution is 0.284. The topological polar surface area (TPSA) is 243 Å². The first-order valence-corrected chi connectivity index (χ1v) is 13.7. The first kappa shape index (κ1) is 26.3. The molecule has 0 amide bonds. The van der Waals surface area contributed by atoms with Crippen LogP contribution >= 0.6 is 0 Å². The van der Waals surface area contributed by atoms with Crippen LogP contribution in [0.2, 0.25) is 0 Å². The van der Waals surface area contributed by atoms with Gasteiger partial charge in [-0.2, -0.15) is 16.8 Å². The quantitative estimate of drug-likeness (QED) is 0.155. The summed E-state index contributed by atoms with van der Waals surface area (Å²) >= 11 is 0. The van der Waals surface area contributed by atoms with Crippen LogP contribution in [0.25, 0.3) is 10.8 Å². The highest BCUT2D eigenvalue weighted by Gasteiger charge is 2.23. The molecule has 3 rings (SSSR count). The number of nitrogens with two attached hydrogens (primary N) is 1. The zero-order chi connectivity index (χ0) is 26.2. The Labute approximate surface area is 198 Å². The number of anilines is 1. The standard InChI is InChI=1S/C18H17N3O11S3/c19-11-2-1-10-7-16(34(26,27)28)17(18(23)13(10)8-11)21-20-14-4-3-12(9-15(14)22)33(24,25)6-5-32-35(29,30)31/h1-4,7-9,22-23H,5-6,19H2,(H,26,27,28)(H,29,30,31). The van der Waals surface area contributed by atoms with Crippen molar-refractivity contribution in [2.45, 2.75) is 9.79 Å². The first-order valence-electron chi connectivity index (χ1n) is 9.20. The first-order chi connectivity index (χ1) is 16.1. The second-order valence-corrected chi connectivity index (χ2v) is 11.5. The Hall–Kier alpha value is -3.35. The molecule has 0 saturated heterocycles. The van der Waals surface area contributed by atoms with Crippen molar-refractivity contribution in [3.8, 4) is 11.5 Å². The smallest absolute Gasteiger partial charge is 0.397 e. The van der Waals surface area contributed by atoms with Crippen molar-refractivity contribution in [2.75, 3.05) is 18.1 Å². The van der Waals surface area contributed by atoms with Gasteiger partial charge in [0, 0.05) is 17.1 Å². The van der Waals surface area contributed by atoms with Crippen LogP contribution in [-0.4, -0.2) is 56.9 Å². The van der Waals surface area contributed by atoms with E-state index < -0.39 is 69.7 Å². The van der Waals surface area contributed by atoms with Crippen LogP contribution < -0.4 is 5.73 Å². The number of rotatable bonds is 8. The van der Waals surface area contributed by atoms with Crippen LogP contribution in [0, 0.1) is 0 Å². The number of sulfone groups is 1. The summed E-state index contributed by atoms with van der Waals surface area (Å²) in [5.74, 6) is -2.24. The molecular weight excluding hydrogens is 530 g/mol. The Balaban J connectivity index is 2.00. The number of nitrogen functional groups attached to an aromatic ring is 1. The third-order valence-corrected chi connectivity index (χ3v) is 7.51. The molecule has 6 N–H and O–H groups in total. The van der Waals surface area contributed by atoms with E-state index in [1.165, 1.54) is 18.2 Å². The summed E-state index contributed by atoms with van der Waals surface area (Å²) in [6.07, 6.45) is 0. The molecule has 188 valence electrons. The van der Waals surface area contributed by atoms with Gasteiger partial charge in [-0.25, -0.2) is 12.6 Å². The molecule has 0 unspecified atom stereocenters. The Morgan fingerprint density at radius 1 is 0.886 bits per heavy atom. The average Bonchev–Trinajstić information content (AvgIpc) is 2.72. The predicted octanol–water partition coefficient (Wildman–Crippen LogP) is 2.09. The van der Waals surface area contributed by atoms with E-state index in [4.69, 9.17) is 10.3 Å². The van der Waals surface area contributed by atoms with Crippen molar-refractivity contribution in [1.82, 2.24) is 0 Å². The lowest BCUT2D eigenvalue weighted by atomic mass is 10.1. The molecular formula is C18H17N3O11S3. The highest BCUT2D eigenvalue weighted by atomic mass is 32.3. The van der Waals surface area contributed by atoms with Crippen molar-refractivity contribution in [3.63, 3.8) is 0 Å². The molecule has 3 aromatic carbocycles. The SMILES string of the molecule is Nc1ccc2cc(S(=O)(=O)O)c(N=Nc3ccc(S(=O)(=O)CCOS(=O)(=O)O)cc3O)c(O)c2c1. The van der Waals surface area contributed by atoms with Crippen LogP contribution in [0.4, 0.5) is 17.1 Å². The maximum atomic E-state index is 12.3. The summed E-state index contributed by atoms with van der Waals surface area (Å²) in [4.78, 5) is -1.23. The van der Waals surface area contributed by atoms with Crippen LogP contribution in [-0.2, 0) is 34.5 Å². The molecule has 0 spiro atoms. The number of benzene rings is 3. The van der Waals surface area contributed by atoms with Gasteiger partial charge < -0.3 is 15.9 Å². The molecule has 3 aromatic rings. The predicted molar refractivity (Wildman–Crippen MR) is 122 cm³/mol. The third kappa shape index (κ3) is 6.21. The van der Waals surface area contributed by atoms with Crippen LogP contribution in [0.3, 0.4) is 0 Å². The van der Waals surface area contributed by atoms with E-state index in [1.54, 1.807) is 0 Å². The van der Waals surface area contributed by atoms with Gasteiger partial charge >= 0.3 is 10.4 Å². The zero-order valence-corrected chi connectivity index (χ0v) is 19.7. The number of hydrogen-bond acceptors (Lipinski definition) is 12. The van der Waals surface area contributed by atoms with Crippen molar-refractivity contribution >= 4 is 58.2 Å². The molecule has 0 aliphatic rings. The average molecular weight is 548 g/mol. The number of fused-ring (bicyclic) bond motifs is 1. The van der Waals surface area contributed by atoms with E-state index in [9.17, 15) is 40.0 Å². The molecule has 0 aliphatic heterocycles. The molecule has 35 heavy (non-hydrogen) atoms. The summed E-state index contributed by atoms with van der Waals surface area (Å²) < 4.78 is 91.3. The van der Waals surface area contributed by atoms with Gasteiger partial charge in [-0.3, -0.25) is 9.11 Å². The summed E-state index contributed by atoms with van der Waals surface area (Å²) in [7, 11) is -13.9.